The molecule has 3 aromatic rings. The van der Waals surface area contributed by atoms with Crippen LogP contribution in [-0.2, 0) is 7.05 Å². The number of ketones is 1. The van der Waals surface area contributed by atoms with E-state index >= 15 is 0 Å². The predicted molar refractivity (Wildman–Crippen MR) is 119 cm³/mol. The second-order valence-electron chi connectivity index (χ2n) is 8.11. The van der Waals surface area contributed by atoms with E-state index in [4.69, 9.17) is 0 Å². The van der Waals surface area contributed by atoms with Crippen LogP contribution < -0.4 is 4.90 Å². The van der Waals surface area contributed by atoms with Crippen LogP contribution in [0.4, 0.5) is 14.9 Å². The average molecular weight is 437 g/mol. The van der Waals surface area contributed by atoms with Gasteiger partial charge >= 0.3 is 12.0 Å². The van der Waals surface area contributed by atoms with Gasteiger partial charge in [0.2, 0.25) is 0 Å². The van der Waals surface area contributed by atoms with Crippen molar-refractivity contribution >= 4 is 34.4 Å². The molecule has 2 heterocycles. The Labute approximate surface area is 184 Å². The number of carboxylic acid groups (broad SMARTS) is 1. The number of aromatic carboxylic acids is 1. The highest BCUT2D eigenvalue weighted by molar-refractivity contribution is 6.02. The van der Waals surface area contributed by atoms with Crippen molar-refractivity contribution in [2.24, 2.45) is 13.0 Å². The first-order chi connectivity index (χ1) is 15.3. The molecule has 32 heavy (non-hydrogen) atoms. The maximum atomic E-state index is 13.1. The molecule has 8 heteroatoms. The minimum absolute atomic E-state index is 0.00367. The topological polar surface area (TPSA) is 82.8 Å². The highest BCUT2D eigenvalue weighted by Gasteiger charge is 2.30. The predicted octanol–water partition coefficient (Wildman–Crippen LogP) is 4.17. The van der Waals surface area contributed by atoms with E-state index < -0.39 is 5.97 Å². The number of urea groups is 1. The second-order valence-corrected chi connectivity index (χ2v) is 8.11. The first-order valence-electron chi connectivity index (χ1n) is 10.4. The van der Waals surface area contributed by atoms with Crippen LogP contribution in [0.25, 0.3) is 10.9 Å². The van der Waals surface area contributed by atoms with Gasteiger partial charge in [-0.2, -0.15) is 0 Å². The smallest absolute Gasteiger partial charge is 0.352 e. The number of carbonyl (C=O) groups is 3. The van der Waals surface area contributed by atoms with Crippen LogP contribution in [0.2, 0.25) is 0 Å². The molecule has 0 radical (unpaired) electrons. The third kappa shape index (κ3) is 3.95. The zero-order valence-corrected chi connectivity index (χ0v) is 17.9. The molecule has 1 aliphatic rings. The molecule has 0 spiro atoms. The Kier molecular flexibility index (Phi) is 5.69. The Balaban J connectivity index is 1.43. The van der Waals surface area contributed by atoms with Crippen molar-refractivity contribution in [2.75, 3.05) is 25.0 Å². The summed E-state index contributed by atoms with van der Waals surface area (Å²) >= 11 is 0. The van der Waals surface area contributed by atoms with E-state index in [0.717, 1.165) is 5.39 Å². The highest BCUT2D eigenvalue weighted by atomic mass is 19.1. The van der Waals surface area contributed by atoms with Crippen molar-refractivity contribution in [1.82, 2.24) is 9.47 Å². The number of Topliss-reactive ketones (excluding diaryl/α,β-unsaturated/α-hetero) is 1. The number of carbonyl (C=O) groups excluding carboxylic acids is 2. The molecular formula is C24H24FN3O4. The van der Waals surface area contributed by atoms with E-state index in [1.165, 1.54) is 17.0 Å². The Morgan fingerprint density at radius 2 is 1.69 bits per heavy atom. The monoisotopic (exact) mass is 437 g/mol. The first-order valence-corrected chi connectivity index (χ1v) is 10.4. The van der Waals surface area contributed by atoms with Gasteiger partial charge in [0.15, 0.2) is 5.78 Å². The summed E-state index contributed by atoms with van der Waals surface area (Å²) in [5, 5.41) is 10.1. The van der Waals surface area contributed by atoms with Crippen LogP contribution in [0, 0.1) is 11.7 Å². The van der Waals surface area contributed by atoms with Crippen LogP contribution in [0.15, 0.2) is 48.5 Å². The lowest BCUT2D eigenvalue weighted by Crippen LogP contribution is -2.46. The van der Waals surface area contributed by atoms with Crippen LogP contribution in [-0.4, -0.2) is 52.5 Å². The number of likely N-dealkylation sites (tertiary alicyclic amines) is 1. The van der Waals surface area contributed by atoms with E-state index in [2.05, 4.69) is 0 Å². The average Bonchev–Trinajstić information content (AvgIpc) is 3.14. The number of hydrogen-bond donors (Lipinski definition) is 1. The maximum absolute atomic E-state index is 13.1. The summed E-state index contributed by atoms with van der Waals surface area (Å²) in [4.78, 5) is 40.4. The summed E-state index contributed by atoms with van der Waals surface area (Å²) in [6, 6.07) is 12.4. The SMILES string of the molecule is CN(C(=O)N1CCC(C(=O)c2ccc3cc(C(=O)O)n(C)c3c2)CC1)c1ccc(F)cc1. The maximum Gasteiger partial charge on any atom is 0.352 e. The van der Waals surface area contributed by atoms with E-state index in [1.54, 1.807) is 60.0 Å². The van der Waals surface area contributed by atoms with Gasteiger partial charge in [0.1, 0.15) is 11.5 Å². The zero-order chi connectivity index (χ0) is 23.0. The quantitative estimate of drug-likeness (QED) is 0.621. The molecule has 0 bridgehead atoms. The van der Waals surface area contributed by atoms with Gasteiger partial charge in [0.25, 0.3) is 0 Å². The zero-order valence-electron chi connectivity index (χ0n) is 17.9. The largest absolute Gasteiger partial charge is 0.477 e. The van der Waals surface area contributed by atoms with Crippen molar-refractivity contribution < 1.29 is 23.9 Å². The molecule has 0 unspecified atom stereocenters. The Bertz CT molecular complexity index is 1190. The fourth-order valence-corrected chi connectivity index (χ4v) is 4.24. The van der Waals surface area contributed by atoms with Gasteiger partial charge in [-0.15, -0.1) is 0 Å². The number of carboxylic acids is 1. The fraction of sp³-hybridized carbons (Fsp3) is 0.292. The number of halogens is 1. The summed E-state index contributed by atoms with van der Waals surface area (Å²) in [6.07, 6.45) is 1.10. The van der Waals surface area contributed by atoms with Gasteiger partial charge in [-0.1, -0.05) is 12.1 Å². The summed E-state index contributed by atoms with van der Waals surface area (Å²) in [5.74, 6) is -1.57. The second kappa shape index (κ2) is 8.45. The lowest BCUT2D eigenvalue weighted by atomic mass is 9.88. The number of piperidine rings is 1. The lowest BCUT2D eigenvalue weighted by molar-refractivity contribution is 0.0686. The number of nitrogens with zero attached hydrogens (tertiary/aromatic N) is 3. The molecule has 7 nitrogen and oxygen atoms in total. The number of rotatable bonds is 4. The molecule has 1 fully saturated rings. The Morgan fingerprint density at radius 3 is 2.31 bits per heavy atom. The van der Waals surface area contributed by atoms with E-state index in [9.17, 15) is 23.9 Å². The number of amides is 2. The van der Waals surface area contributed by atoms with Crippen molar-refractivity contribution in [3.05, 3.63) is 65.6 Å². The summed E-state index contributed by atoms with van der Waals surface area (Å²) in [7, 11) is 3.31. The summed E-state index contributed by atoms with van der Waals surface area (Å²) < 4.78 is 14.7. The van der Waals surface area contributed by atoms with Crippen LogP contribution in [0.3, 0.4) is 0 Å². The minimum atomic E-state index is -1.01. The lowest BCUT2D eigenvalue weighted by Gasteiger charge is -2.34. The van der Waals surface area contributed by atoms with Crippen molar-refractivity contribution in [3.63, 3.8) is 0 Å². The number of hydrogen-bond acceptors (Lipinski definition) is 3. The normalized spacial score (nSPS) is 14.5. The molecule has 1 N–H and O–H groups in total. The number of fused-ring (bicyclic) bond motifs is 1. The van der Waals surface area contributed by atoms with Crippen LogP contribution in [0.1, 0.15) is 33.7 Å². The van der Waals surface area contributed by atoms with Crippen molar-refractivity contribution in [1.29, 1.82) is 0 Å². The molecule has 166 valence electrons. The minimum Gasteiger partial charge on any atom is -0.477 e. The van der Waals surface area contributed by atoms with Gasteiger partial charge in [0, 0.05) is 55.3 Å². The van der Waals surface area contributed by atoms with Crippen molar-refractivity contribution in [3.8, 4) is 0 Å². The third-order valence-electron chi connectivity index (χ3n) is 6.19. The number of anilines is 1. The molecule has 1 aliphatic heterocycles. The standard InChI is InChI=1S/C24H24FN3O4/c1-26(19-7-5-18(25)6-8-19)24(32)28-11-9-15(10-12-28)22(29)17-4-3-16-13-21(23(30)31)27(2)20(16)14-17/h3-8,13-15H,9-12H2,1-2H3,(H,30,31). The summed E-state index contributed by atoms with van der Waals surface area (Å²) in [5.41, 5.74) is 2.01. The van der Waals surface area contributed by atoms with Crippen LogP contribution >= 0.6 is 0 Å². The number of aryl methyl sites for hydroxylation is 1. The van der Waals surface area contributed by atoms with Gasteiger partial charge in [0.05, 0.1) is 0 Å². The molecule has 0 atom stereocenters. The molecule has 0 aliphatic carbocycles. The third-order valence-corrected chi connectivity index (χ3v) is 6.19. The molecule has 2 aromatic carbocycles. The van der Waals surface area contributed by atoms with Gasteiger partial charge in [-0.05, 0) is 49.2 Å². The van der Waals surface area contributed by atoms with E-state index in [1.807, 2.05) is 0 Å². The fourth-order valence-electron chi connectivity index (χ4n) is 4.24. The van der Waals surface area contributed by atoms with E-state index in [-0.39, 0.29) is 29.2 Å². The first kappa shape index (κ1) is 21.5. The summed E-state index contributed by atoms with van der Waals surface area (Å²) in [6.45, 7) is 0.909. The van der Waals surface area contributed by atoms with Gasteiger partial charge in [-0.3, -0.25) is 9.69 Å². The highest BCUT2D eigenvalue weighted by Crippen LogP contribution is 2.26. The Morgan fingerprint density at radius 1 is 1.03 bits per heavy atom. The van der Waals surface area contributed by atoms with Gasteiger partial charge in [-0.25, -0.2) is 14.0 Å². The molecule has 2 amide bonds. The number of aromatic nitrogens is 1. The Hall–Kier alpha value is -3.68. The van der Waals surface area contributed by atoms with Crippen molar-refractivity contribution in [2.45, 2.75) is 12.8 Å². The molecule has 0 saturated carbocycles. The number of benzene rings is 2. The molecule has 1 aromatic heterocycles. The van der Waals surface area contributed by atoms with Crippen LogP contribution in [0.5, 0.6) is 0 Å². The molecule has 4 rings (SSSR count). The van der Waals surface area contributed by atoms with E-state index in [0.29, 0.717) is 42.7 Å². The molecular weight excluding hydrogens is 413 g/mol. The molecule has 1 saturated heterocycles. The van der Waals surface area contributed by atoms with Gasteiger partial charge < -0.3 is 14.6 Å².